The van der Waals surface area contributed by atoms with Gasteiger partial charge in [-0.1, -0.05) is 13.3 Å². The summed E-state index contributed by atoms with van der Waals surface area (Å²) in [6, 6.07) is 0. The topological polar surface area (TPSA) is 66.4 Å². The van der Waals surface area contributed by atoms with Crippen molar-refractivity contribution in [3.63, 3.8) is 0 Å². The maximum Gasteiger partial charge on any atom is 0.319 e. The van der Waals surface area contributed by atoms with Crippen molar-refractivity contribution in [2.24, 2.45) is 17.3 Å². The zero-order chi connectivity index (χ0) is 11.8. The molecule has 4 nitrogen and oxygen atoms in total. The molecule has 2 saturated carbocycles. The second-order valence-electron chi connectivity index (χ2n) is 5.27. The van der Waals surface area contributed by atoms with E-state index in [1.54, 1.807) is 0 Å². The van der Waals surface area contributed by atoms with Crippen LogP contribution in [-0.4, -0.2) is 23.5 Å². The van der Waals surface area contributed by atoms with Crippen LogP contribution in [0.4, 0.5) is 0 Å². The molecule has 2 N–H and O–H groups in total. The van der Waals surface area contributed by atoms with Gasteiger partial charge in [0.05, 0.1) is 0 Å². The summed E-state index contributed by atoms with van der Waals surface area (Å²) < 4.78 is 0. The lowest BCUT2D eigenvalue weighted by molar-refractivity contribution is -0.162. The van der Waals surface area contributed by atoms with E-state index in [0.29, 0.717) is 25.3 Å². The van der Waals surface area contributed by atoms with Gasteiger partial charge in [-0.25, -0.2) is 0 Å². The van der Waals surface area contributed by atoms with Crippen LogP contribution in [0.15, 0.2) is 0 Å². The van der Waals surface area contributed by atoms with Gasteiger partial charge in [0.1, 0.15) is 5.41 Å². The molecule has 4 heteroatoms. The maximum atomic E-state index is 11.8. The van der Waals surface area contributed by atoms with Crippen molar-refractivity contribution in [2.45, 2.75) is 39.0 Å². The number of rotatable bonds is 5. The van der Waals surface area contributed by atoms with Crippen LogP contribution in [0.1, 0.15) is 39.0 Å². The molecule has 2 aliphatic rings. The third-order valence-electron chi connectivity index (χ3n) is 4.06. The molecular formula is C12H19NO3. The third kappa shape index (κ3) is 1.93. The summed E-state index contributed by atoms with van der Waals surface area (Å²) in [6.07, 6.45) is 4.33. The van der Waals surface area contributed by atoms with Crippen molar-refractivity contribution in [1.29, 1.82) is 0 Å². The van der Waals surface area contributed by atoms with Crippen LogP contribution < -0.4 is 5.32 Å². The summed E-state index contributed by atoms with van der Waals surface area (Å²) in [7, 11) is 0. The molecule has 1 amide bonds. The predicted octanol–water partition coefficient (Wildman–Crippen LogP) is 1.40. The van der Waals surface area contributed by atoms with E-state index in [4.69, 9.17) is 5.11 Å². The molecule has 0 aliphatic heterocycles. The van der Waals surface area contributed by atoms with Crippen LogP contribution in [0, 0.1) is 17.3 Å². The Morgan fingerprint density at radius 3 is 2.44 bits per heavy atom. The number of aliphatic carboxylic acids is 1. The smallest absolute Gasteiger partial charge is 0.319 e. The second kappa shape index (κ2) is 4.07. The molecule has 16 heavy (non-hydrogen) atoms. The number of hydrogen-bond donors (Lipinski definition) is 2. The van der Waals surface area contributed by atoms with E-state index in [1.807, 2.05) is 0 Å². The molecule has 1 atom stereocenters. The zero-order valence-electron chi connectivity index (χ0n) is 9.66. The number of hydrogen-bond acceptors (Lipinski definition) is 2. The van der Waals surface area contributed by atoms with Crippen LogP contribution >= 0.6 is 0 Å². The van der Waals surface area contributed by atoms with E-state index in [0.717, 1.165) is 12.3 Å². The van der Waals surface area contributed by atoms with Crippen molar-refractivity contribution >= 4 is 11.9 Å². The second-order valence-corrected chi connectivity index (χ2v) is 5.27. The Labute approximate surface area is 95.4 Å². The number of carboxylic acids is 1. The lowest BCUT2D eigenvalue weighted by Gasteiger charge is -2.36. The predicted molar refractivity (Wildman–Crippen MR) is 58.8 cm³/mol. The SMILES string of the molecule is CC(CNC(=O)C1(C(=O)O)CCC1)C1CC1. The molecule has 2 aliphatic carbocycles. The molecule has 0 radical (unpaired) electrons. The first-order chi connectivity index (χ1) is 7.56. The minimum Gasteiger partial charge on any atom is -0.480 e. The van der Waals surface area contributed by atoms with Crippen molar-refractivity contribution in [3.05, 3.63) is 0 Å². The minimum absolute atomic E-state index is 0.279. The first-order valence-electron chi connectivity index (χ1n) is 6.08. The monoisotopic (exact) mass is 225 g/mol. The molecular weight excluding hydrogens is 206 g/mol. The van der Waals surface area contributed by atoms with E-state index in [2.05, 4.69) is 12.2 Å². The van der Waals surface area contributed by atoms with Gasteiger partial charge in [0, 0.05) is 6.54 Å². The van der Waals surface area contributed by atoms with Crippen molar-refractivity contribution in [1.82, 2.24) is 5.32 Å². The Morgan fingerprint density at radius 2 is 2.06 bits per heavy atom. The fraction of sp³-hybridized carbons (Fsp3) is 0.833. The number of nitrogens with one attached hydrogen (secondary N) is 1. The third-order valence-corrected chi connectivity index (χ3v) is 4.06. The number of amides is 1. The van der Waals surface area contributed by atoms with Crippen molar-refractivity contribution in [2.75, 3.05) is 6.54 Å². The standard InChI is InChI=1S/C12H19NO3/c1-8(9-3-4-9)7-13-10(14)12(11(15)16)5-2-6-12/h8-9H,2-7H2,1H3,(H,13,14)(H,15,16). The molecule has 0 aromatic rings. The highest BCUT2D eigenvalue weighted by molar-refractivity contribution is 6.02. The first-order valence-corrected chi connectivity index (χ1v) is 6.08. The quantitative estimate of drug-likeness (QED) is 0.695. The summed E-state index contributed by atoms with van der Waals surface area (Å²) in [4.78, 5) is 22.9. The first kappa shape index (κ1) is 11.4. The Bertz CT molecular complexity index is 305. The maximum absolute atomic E-state index is 11.8. The number of carbonyl (C=O) groups excluding carboxylic acids is 1. The summed E-state index contributed by atoms with van der Waals surface area (Å²) in [5.74, 6) is -0.0218. The van der Waals surface area contributed by atoms with Crippen molar-refractivity contribution in [3.8, 4) is 0 Å². The minimum atomic E-state index is -1.11. The van der Waals surface area contributed by atoms with E-state index in [1.165, 1.54) is 12.8 Å². The average molecular weight is 225 g/mol. The molecule has 0 heterocycles. The van der Waals surface area contributed by atoms with Gasteiger partial charge >= 0.3 is 5.97 Å². The fourth-order valence-electron chi connectivity index (χ4n) is 2.32. The summed E-state index contributed by atoms with van der Waals surface area (Å²) in [5, 5.41) is 11.9. The summed E-state index contributed by atoms with van der Waals surface area (Å²) in [6.45, 7) is 2.74. The molecule has 1 unspecified atom stereocenters. The van der Waals surface area contributed by atoms with E-state index < -0.39 is 11.4 Å². The molecule has 2 fully saturated rings. The van der Waals surface area contributed by atoms with Gasteiger partial charge in [-0.15, -0.1) is 0 Å². The van der Waals surface area contributed by atoms with Gasteiger partial charge in [-0.05, 0) is 37.5 Å². The summed E-state index contributed by atoms with van der Waals surface area (Å²) in [5.41, 5.74) is -1.11. The molecule has 0 spiro atoms. The highest BCUT2D eigenvalue weighted by atomic mass is 16.4. The van der Waals surface area contributed by atoms with Gasteiger partial charge in [0.25, 0.3) is 0 Å². The molecule has 0 aromatic carbocycles. The fourth-order valence-corrected chi connectivity index (χ4v) is 2.32. The number of carboxylic acid groups (broad SMARTS) is 1. The molecule has 90 valence electrons. The Kier molecular flexibility index (Phi) is 2.91. The van der Waals surface area contributed by atoms with Crippen molar-refractivity contribution < 1.29 is 14.7 Å². The molecule has 0 aromatic heterocycles. The Hall–Kier alpha value is -1.06. The van der Waals surface area contributed by atoms with E-state index in [9.17, 15) is 9.59 Å². The normalized spacial score (nSPS) is 24.3. The molecule has 0 saturated heterocycles. The van der Waals surface area contributed by atoms with Gasteiger partial charge in [-0.3, -0.25) is 9.59 Å². The van der Waals surface area contributed by atoms with Gasteiger partial charge in [0.2, 0.25) is 5.91 Å². The van der Waals surface area contributed by atoms with E-state index in [-0.39, 0.29) is 5.91 Å². The van der Waals surface area contributed by atoms with Crippen LogP contribution in [0.5, 0.6) is 0 Å². The van der Waals surface area contributed by atoms with Gasteiger partial charge in [-0.2, -0.15) is 0 Å². The summed E-state index contributed by atoms with van der Waals surface area (Å²) >= 11 is 0. The van der Waals surface area contributed by atoms with Crippen LogP contribution in [0.2, 0.25) is 0 Å². The van der Waals surface area contributed by atoms with Gasteiger partial charge in [0.15, 0.2) is 0 Å². The Balaban J connectivity index is 1.84. The zero-order valence-corrected chi connectivity index (χ0v) is 9.66. The highest BCUT2D eigenvalue weighted by Crippen LogP contribution is 2.41. The number of carbonyl (C=O) groups is 2. The average Bonchev–Trinajstić information content (AvgIpc) is 2.94. The lowest BCUT2D eigenvalue weighted by atomic mass is 9.68. The van der Waals surface area contributed by atoms with Crippen LogP contribution in [0.25, 0.3) is 0 Å². The van der Waals surface area contributed by atoms with Crippen LogP contribution in [-0.2, 0) is 9.59 Å². The highest BCUT2D eigenvalue weighted by Gasteiger charge is 2.51. The largest absolute Gasteiger partial charge is 0.480 e. The molecule has 0 bridgehead atoms. The van der Waals surface area contributed by atoms with Crippen LogP contribution in [0.3, 0.4) is 0 Å². The van der Waals surface area contributed by atoms with Gasteiger partial charge < -0.3 is 10.4 Å². The van der Waals surface area contributed by atoms with E-state index >= 15 is 0 Å². The lowest BCUT2D eigenvalue weighted by Crippen LogP contribution is -2.51. The Morgan fingerprint density at radius 1 is 1.44 bits per heavy atom. The molecule has 2 rings (SSSR count).